The summed E-state index contributed by atoms with van der Waals surface area (Å²) in [4.78, 5) is 30.6. The molecule has 33 heavy (non-hydrogen) atoms. The first kappa shape index (κ1) is 22.2. The fraction of sp³-hybridized carbons (Fsp3) is 0.593. The third kappa shape index (κ3) is 3.68. The third-order valence-corrected chi connectivity index (χ3v) is 8.53. The second kappa shape index (κ2) is 8.62. The van der Waals surface area contributed by atoms with Crippen LogP contribution in [0, 0.1) is 19.3 Å². The van der Waals surface area contributed by atoms with Crippen molar-refractivity contribution in [2.75, 3.05) is 13.1 Å². The monoisotopic (exact) mass is 448 g/mol. The Labute approximate surface area is 196 Å². The van der Waals surface area contributed by atoms with Crippen molar-refractivity contribution in [2.45, 2.75) is 77.3 Å². The molecule has 1 aromatic heterocycles. The van der Waals surface area contributed by atoms with E-state index in [0.29, 0.717) is 12.3 Å². The van der Waals surface area contributed by atoms with E-state index in [9.17, 15) is 9.59 Å². The first-order valence-electron chi connectivity index (χ1n) is 12.6. The summed E-state index contributed by atoms with van der Waals surface area (Å²) in [6.45, 7) is 5.57. The van der Waals surface area contributed by atoms with Crippen LogP contribution in [0.5, 0.6) is 0 Å². The van der Waals surface area contributed by atoms with Gasteiger partial charge >= 0.3 is 0 Å². The largest absolute Gasteiger partial charge is 0.343 e. The molecule has 2 saturated heterocycles. The molecule has 5 rings (SSSR count). The van der Waals surface area contributed by atoms with E-state index in [1.165, 1.54) is 11.1 Å². The molecule has 176 valence electrons. The van der Waals surface area contributed by atoms with Gasteiger partial charge < -0.3 is 9.80 Å². The maximum absolute atomic E-state index is 13.4. The molecule has 6 heteroatoms. The number of amides is 2. The smallest absolute Gasteiger partial charge is 0.232 e. The fourth-order valence-corrected chi connectivity index (χ4v) is 6.64. The van der Waals surface area contributed by atoms with E-state index >= 15 is 0 Å². The molecule has 2 aliphatic heterocycles. The Hall–Kier alpha value is -2.63. The van der Waals surface area contributed by atoms with Gasteiger partial charge in [-0.15, -0.1) is 0 Å². The van der Waals surface area contributed by atoms with Gasteiger partial charge in [0.15, 0.2) is 0 Å². The SMILES string of the molecule is Cc1nn(C)c(C)c1CCC(=O)N1CCC(N2C(=O)C3(CCCC3)C2c2ccccc2)CC1. The summed E-state index contributed by atoms with van der Waals surface area (Å²) in [5.41, 5.74) is 4.46. The van der Waals surface area contributed by atoms with Crippen LogP contribution in [0.2, 0.25) is 0 Å². The summed E-state index contributed by atoms with van der Waals surface area (Å²) in [6.07, 6.45) is 7.38. The first-order chi connectivity index (χ1) is 15.9. The Kier molecular flexibility index (Phi) is 5.79. The predicted octanol–water partition coefficient (Wildman–Crippen LogP) is 4.10. The highest BCUT2D eigenvalue weighted by Crippen LogP contribution is 2.60. The molecule has 1 atom stereocenters. The van der Waals surface area contributed by atoms with Gasteiger partial charge in [0.1, 0.15) is 0 Å². The van der Waals surface area contributed by atoms with Crippen LogP contribution in [0.4, 0.5) is 0 Å². The molecule has 2 aromatic rings. The third-order valence-electron chi connectivity index (χ3n) is 8.53. The van der Waals surface area contributed by atoms with Crippen molar-refractivity contribution in [3.63, 3.8) is 0 Å². The fourth-order valence-electron chi connectivity index (χ4n) is 6.64. The molecule has 1 aromatic carbocycles. The second-order valence-corrected chi connectivity index (χ2v) is 10.3. The van der Waals surface area contributed by atoms with Gasteiger partial charge in [0, 0.05) is 38.3 Å². The highest BCUT2D eigenvalue weighted by molar-refractivity contribution is 5.91. The molecular weight excluding hydrogens is 412 g/mol. The topological polar surface area (TPSA) is 58.4 Å². The van der Waals surface area contributed by atoms with Crippen molar-refractivity contribution in [3.05, 3.63) is 52.8 Å². The highest BCUT2D eigenvalue weighted by atomic mass is 16.2. The number of carbonyl (C=O) groups excluding carboxylic acids is 2. The number of piperidine rings is 1. The molecule has 0 N–H and O–H groups in total. The van der Waals surface area contributed by atoms with Crippen LogP contribution in [0.15, 0.2) is 30.3 Å². The van der Waals surface area contributed by atoms with Gasteiger partial charge in [0.2, 0.25) is 11.8 Å². The zero-order valence-corrected chi connectivity index (χ0v) is 20.2. The van der Waals surface area contributed by atoms with Crippen molar-refractivity contribution >= 4 is 11.8 Å². The Balaban J connectivity index is 1.22. The van der Waals surface area contributed by atoms with Crippen molar-refractivity contribution in [1.82, 2.24) is 19.6 Å². The lowest BCUT2D eigenvalue weighted by Crippen LogP contribution is -2.66. The van der Waals surface area contributed by atoms with E-state index in [-0.39, 0.29) is 23.4 Å². The summed E-state index contributed by atoms with van der Waals surface area (Å²) < 4.78 is 1.89. The highest BCUT2D eigenvalue weighted by Gasteiger charge is 2.63. The van der Waals surface area contributed by atoms with Gasteiger partial charge in [-0.3, -0.25) is 14.3 Å². The molecule has 3 heterocycles. The quantitative estimate of drug-likeness (QED) is 0.647. The molecule has 3 aliphatic rings. The van der Waals surface area contributed by atoms with E-state index in [1.54, 1.807) is 0 Å². The number of hydrogen-bond acceptors (Lipinski definition) is 3. The lowest BCUT2D eigenvalue weighted by atomic mass is 9.65. The molecule has 1 saturated carbocycles. The van der Waals surface area contributed by atoms with Gasteiger partial charge in [-0.2, -0.15) is 5.10 Å². The zero-order chi connectivity index (χ0) is 23.2. The number of carbonyl (C=O) groups is 2. The number of aryl methyl sites for hydroxylation is 2. The molecule has 1 aliphatic carbocycles. The first-order valence-corrected chi connectivity index (χ1v) is 12.6. The van der Waals surface area contributed by atoms with Crippen LogP contribution in [0.25, 0.3) is 0 Å². The molecule has 3 fully saturated rings. The van der Waals surface area contributed by atoms with Crippen LogP contribution in [-0.2, 0) is 23.1 Å². The summed E-state index contributed by atoms with van der Waals surface area (Å²) in [5.74, 6) is 0.582. The van der Waals surface area contributed by atoms with Gasteiger partial charge in [0.05, 0.1) is 17.2 Å². The van der Waals surface area contributed by atoms with E-state index < -0.39 is 0 Å². The summed E-state index contributed by atoms with van der Waals surface area (Å²) in [5, 5.41) is 4.47. The Bertz CT molecular complexity index is 1030. The Morgan fingerprint density at radius 2 is 1.76 bits per heavy atom. The summed E-state index contributed by atoms with van der Waals surface area (Å²) >= 11 is 0. The minimum absolute atomic E-state index is 0.173. The van der Waals surface area contributed by atoms with E-state index in [2.05, 4.69) is 41.2 Å². The van der Waals surface area contributed by atoms with E-state index in [0.717, 1.165) is 69.4 Å². The average molecular weight is 449 g/mol. The number of β-lactam (4-membered cyclic amide) rings is 1. The summed E-state index contributed by atoms with van der Waals surface area (Å²) in [6, 6.07) is 11.0. The Morgan fingerprint density at radius 1 is 1.09 bits per heavy atom. The normalized spacial score (nSPS) is 22.8. The van der Waals surface area contributed by atoms with Gasteiger partial charge in [-0.05, 0) is 57.1 Å². The van der Waals surface area contributed by atoms with Crippen molar-refractivity contribution < 1.29 is 9.59 Å². The Morgan fingerprint density at radius 3 is 2.36 bits per heavy atom. The van der Waals surface area contributed by atoms with Crippen molar-refractivity contribution in [1.29, 1.82) is 0 Å². The molecule has 0 radical (unpaired) electrons. The van der Waals surface area contributed by atoms with Crippen molar-refractivity contribution in [2.24, 2.45) is 12.5 Å². The molecule has 2 amide bonds. The van der Waals surface area contributed by atoms with Crippen LogP contribution in [0.1, 0.15) is 73.5 Å². The number of nitrogens with zero attached hydrogens (tertiary/aromatic N) is 4. The van der Waals surface area contributed by atoms with Gasteiger partial charge in [0.25, 0.3) is 0 Å². The minimum Gasteiger partial charge on any atom is -0.343 e. The summed E-state index contributed by atoms with van der Waals surface area (Å²) in [7, 11) is 1.95. The predicted molar refractivity (Wildman–Crippen MR) is 128 cm³/mol. The van der Waals surface area contributed by atoms with Crippen LogP contribution in [0.3, 0.4) is 0 Å². The number of aromatic nitrogens is 2. The minimum atomic E-state index is -0.173. The second-order valence-electron chi connectivity index (χ2n) is 10.3. The molecule has 0 bridgehead atoms. The maximum atomic E-state index is 13.4. The van der Waals surface area contributed by atoms with Crippen LogP contribution in [-0.4, -0.2) is 50.5 Å². The number of likely N-dealkylation sites (tertiary alicyclic amines) is 2. The average Bonchev–Trinajstić information content (AvgIpc) is 3.43. The molecule has 1 unspecified atom stereocenters. The maximum Gasteiger partial charge on any atom is 0.232 e. The molecular formula is C27H36N4O2. The molecule has 1 spiro atoms. The number of hydrogen-bond donors (Lipinski definition) is 0. The standard InChI is InChI=1S/C27H36N4O2/c1-19-23(20(2)29(3)28-19)11-12-24(32)30-17-13-22(14-18-30)31-25(21-9-5-4-6-10-21)27(26(31)33)15-7-8-16-27/h4-6,9-10,22,25H,7-8,11-18H2,1-3H3. The van der Waals surface area contributed by atoms with Crippen LogP contribution >= 0.6 is 0 Å². The van der Waals surface area contributed by atoms with Gasteiger partial charge in [-0.25, -0.2) is 0 Å². The van der Waals surface area contributed by atoms with Crippen LogP contribution < -0.4 is 0 Å². The number of benzene rings is 1. The van der Waals surface area contributed by atoms with Crippen molar-refractivity contribution in [3.8, 4) is 0 Å². The lowest BCUT2D eigenvalue weighted by Gasteiger charge is -2.59. The lowest BCUT2D eigenvalue weighted by molar-refractivity contribution is -0.181. The zero-order valence-electron chi connectivity index (χ0n) is 20.2. The van der Waals surface area contributed by atoms with Gasteiger partial charge in [-0.1, -0.05) is 43.2 Å². The molecule has 6 nitrogen and oxygen atoms in total. The van der Waals surface area contributed by atoms with E-state index in [1.807, 2.05) is 29.6 Å². The van der Waals surface area contributed by atoms with E-state index in [4.69, 9.17) is 0 Å². The number of rotatable bonds is 5.